The lowest BCUT2D eigenvalue weighted by molar-refractivity contribution is -0.224. The third-order valence-electron chi connectivity index (χ3n) is 3.34. The summed E-state index contributed by atoms with van der Waals surface area (Å²) < 4.78 is 51.0. The minimum absolute atomic E-state index is 0.702. The molecule has 0 radical (unpaired) electrons. The molecule has 4 nitrogen and oxygen atoms in total. The lowest BCUT2D eigenvalue weighted by Crippen LogP contribution is -2.52. The monoisotopic (exact) mass is 284 g/mol. The Morgan fingerprint density at radius 3 is 2.16 bits per heavy atom. The van der Waals surface area contributed by atoms with E-state index in [9.17, 15) is 27.2 Å². The lowest BCUT2D eigenvalue weighted by atomic mass is 9.64. The molecule has 108 valence electrons. The third kappa shape index (κ3) is 2.57. The second-order valence-corrected chi connectivity index (χ2v) is 4.87. The van der Waals surface area contributed by atoms with Crippen molar-refractivity contribution >= 4 is 11.9 Å². The Bertz CT molecular complexity index is 431. The number of hydrogen-bond donors (Lipinski definition) is 2. The average molecular weight is 284 g/mol. The summed E-state index contributed by atoms with van der Waals surface area (Å²) in [6.45, 7) is 1.06. The Hall–Kier alpha value is -1.60. The normalized spacial score (nSPS) is 32.9. The Labute approximate surface area is 105 Å². The predicted molar refractivity (Wildman–Crippen MR) is 55.1 cm³/mol. The van der Waals surface area contributed by atoms with Crippen molar-refractivity contribution in [2.45, 2.75) is 32.1 Å². The highest BCUT2D eigenvalue weighted by Crippen LogP contribution is 2.50. The van der Waals surface area contributed by atoms with E-state index in [0.29, 0.717) is 0 Å². The second kappa shape index (κ2) is 4.50. The molecule has 0 aromatic rings. The number of carboxylic acids is 2. The minimum atomic E-state index is -5.36. The maximum atomic E-state index is 13.6. The van der Waals surface area contributed by atoms with Crippen LogP contribution in [0.1, 0.15) is 19.8 Å². The number of rotatable bonds is 3. The fourth-order valence-electron chi connectivity index (χ4n) is 2.24. The molecular weight excluding hydrogens is 272 g/mol. The van der Waals surface area contributed by atoms with Gasteiger partial charge in [0.2, 0.25) is 6.17 Å². The summed E-state index contributed by atoms with van der Waals surface area (Å²) in [5, 5.41) is 17.9. The Morgan fingerprint density at radius 2 is 1.79 bits per heavy atom. The van der Waals surface area contributed by atoms with Crippen molar-refractivity contribution in [3.05, 3.63) is 12.2 Å². The van der Waals surface area contributed by atoms with Gasteiger partial charge in [0.25, 0.3) is 0 Å². The summed E-state index contributed by atoms with van der Waals surface area (Å²) in [7, 11) is 0. The molecule has 0 saturated heterocycles. The van der Waals surface area contributed by atoms with Gasteiger partial charge in [-0.1, -0.05) is 12.2 Å². The van der Waals surface area contributed by atoms with Crippen molar-refractivity contribution in [2.75, 3.05) is 0 Å². The van der Waals surface area contributed by atoms with Gasteiger partial charge in [0.1, 0.15) is 5.41 Å². The van der Waals surface area contributed by atoms with Crippen LogP contribution in [0, 0.1) is 10.8 Å². The fraction of sp³-hybridized carbons (Fsp3) is 0.636. The quantitative estimate of drug-likeness (QED) is 0.616. The van der Waals surface area contributed by atoms with E-state index in [1.807, 2.05) is 0 Å². The fourth-order valence-corrected chi connectivity index (χ4v) is 2.24. The molecule has 0 heterocycles. The van der Waals surface area contributed by atoms with Crippen molar-refractivity contribution in [1.29, 1.82) is 0 Å². The molecule has 3 unspecified atom stereocenters. The SMILES string of the molecule is CC1(C(=O)O)C=CCC(C(=O)O)(C(F)C(F)(F)F)C1. The Kier molecular flexibility index (Phi) is 3.66. The Balaban J connectivity index is 3.28. The third-order valence-corrected chi connectivity index (χ3v) is 3.34. The molecule has 0 amide bonds. The van der Waals surface area contributed by atoms with E-state index in [4.69, 9.17) is 10.2 Å². The molecule has 0 saturated carbocycles. The summed E-state index contributed by atoms with van der Waals surface area (Å²) in [5.41, 5.74) is -4.65. The molecule has 1 aliphatic rings. The van der Waals surface area contributed by atoms with E-state index in [1.54, 1.807) is 0 Å². The van der Waals surface area contributed by atoms with Gasteiger partial charge in [-0.15, -0.1) is 0 Å². The minimum Gasteiger partial charge on any atom is -0.481 e. The summed E-state index contributed by atoms with van der Waals surface area (Å²) in [5.74, 6) is -3.49. The van der Waals surface area contributed by atoms with Gasteiger partial charge in [-0.2, -0.15) is 13.2 Å². The first-order valence-corrected chi connectivity index (χ1v) is 5.31. The van der Waals surface area contributed by atoms with Crippen molar-refractivity contribution in [3.63, 3.8) is 0 Å². The van der Waals surface area contributed by atoms with Crippen LogP contribution in [-0.4, -0.2) is 34.5 Å². The maximum Gasteiger partial charge on any atom is 0.420 e. The average Bonchev–Trinajstić information content (AvgIpc) is 2.26. The van der Waals surface area contributed by atoms with Crippen molar-refractivity contribution in [3.8, 4) is 0 Å². The van der Waals surface area contributed by atoms with Crippen LogP contribution < -0.4 is 0 Å². The Morgan fingerprint density at radius 1 is 1.26 bits per heavy atom. The molecule has 2 N–H and O–H groups in total. The van der Waals surface area contributed by atoms with E-state index < -0.39 is 48.0 Å². The van der Waals surface area contributed by atoms with E-state index in [1.165, 1.54) is 0 Å². The molecule has 0 aromatic carbocycles. The molecule has 1 aliphatic carbocycles. The number of alkyl halides is 4. The largest absolute Gasteiger partial charge is 0.481 e. The molecule has 0 spiro atoms. The number of carboxylic acid groups (broad SMARTS) is 2. The van der Waals surface area contributed by atoms with Gasteiger partial charge in [-0.25, -0.2) is 4.39 Å². The van der Waals surface area contributed by atoms with Gasteiger partial charge < -0.3 is 10.2 Å². The first-order valence-electron chi connectivity index (χ1n) is 5.31. The van der Waals surface area contributed by atoms with Crippen molar-refractivity contribution < 1.29 is 37.4 Å². The van der Waals surface area contributed by atoms with Gasteiger partial charge in [0.15, 0.2) is 0 Å². The van der Waals surface area contributed by atoms with Gasteiger partial charge in [0, 0.05) is 0 Å². The zero-order chi connectivity index (χ0) is 15.1. The predicted octanol–water partition coefficient (Wildman–Crippen LogP) is 2.40. The number of halogens is 4. The van der Waals surface area contributed by atoms with E-state index in [0.717, 1.165) is 19.1 Å². The molecule has 8 heteroatoms. The van der Waals surface area contributed by atoms with Crippen LogP contribution in [0.15, 0.2) is 12.2 Å². The van der Waals surface area contributed by atoms with E-state index >= 15 is 0 Å². The molecule has 0 bridgehead atoms. The van der Waals surface area contributed by atoms with Gasteiger partial charge in [-0.05, 0) is 19.8 Å². The van der Waals surface area contributed by atoms with Crippen LogP contribution in [0.3, 0.4) is 0 Å². The van der Waals surface area contributed by atoms with Gasteiger partial charge >= 0.3 is 18.1 Å². The van der Waals surface area contributed by atoms with Crippen molar-refractivity contribution in [2.24, 2.45) is 10.8 Å². The molecule has 3 atom stereocenters. The number of carbonyl (C=O) groups is 2. The summed E-state index contributed by atoms with van der Waals surface area (Å²) >= 11 is 0. The highest BCUT2D eigenvalue weighted by Gasteiger charge is 2.62. The first kappa shape index (κ1) is 15.5. The molecule has 0 fully saturated rings. The molecule has 0 aliphatic heterocycles. The maximum absolute atomic E-state index is 13.6. The molecule has 19 heavy (non-hydrogen) atoms. The van der Waals surface area contributed by atoms with Crippen LogP contribution in [0.2, 0.25) is 0 Å². The van der Waals surface area contributed by atoms with Crippen LogP contribution in [0.5, 0.6) is 0 Å². The van der Waals surface area contributed by atoms with E-state index in [-0.39, 0.29) is 0 Å². The summed E-state index contributed by atoms with van der Waals surface area (Å²) in [6.07, 6.45) is -8.57. The molecular formula is C11H12F4O4. The highest BCUT2D eigenvalue weighted by atomic mass is 19.4. The van der Waals surface area contributed by atoms with Gasteiger partial charge in [0.05, 0.1) is 5.41 Å². The van der Waals surface area contributed by atoms with Crippen LogP contribution in [-0.2, 0) is 9.59 Å². The molecule has 0 aromatic heterocycles. The number of aliphatic carboxylic acids is 2. The smallest absolute Gasteiger partial charge is 0.420 e. The van der Waals surface area contributed by atoms with Crippen LogP contribution in [0.25, 0.3) is 0 Å². The topological polar surface area (TPSA) is 74.6 Å². The van der Waals surface area contributed by atoms with Gasteiger partial charge in [-0.3, -0.25) is 9.59 Å². The van der Waals surface area contributed by atoms with E-state index in [2.05, 4.69) is 0 Å². The van der Waals surface area contributed by atoms with Crippen molar-refractivity contribution in [1.82, 2.24) is 0 Å². The summed E-state index contributed by atoms with van der Waals surface area (Å²) in [6, 6.07) is 0. The lowest BCUT2D eigenvalue weighted by Gasteiger charge is -2.40. The number of allylic oxidation sites excluding steroid dienone is 1. The summed E-state index contributed by atoms with van der Waals surface area (Å²) in [4.78, 5) is 22.1. The first-order chi connectivity index (χ1) is 8.46. The highest BCUT2D eigenvalue weighted by molar-refractivity contribution is 5.82. The number of hydrogen-bond acceptors (Lipinski definition) is 2. The zero-order valence-electron chi connectivity index (χ0n) is 9.87. The van der Waals surface area contributed by atoms with Crippen LogP contribution in [0.4, 0.5) is 17.6 Å². The molecule has 1 rings (SSSR count). The standard InChI is InChI=1S/C11H12F4O4/c1-9(7(16)17)3-2-4-10(5-9,8(18)19)6(12)11(13,14)15/h2-3,6H,4-5H2,1H3,(H,16,17)(H,18,19). The zero-order valence-corrected chi connectivity index (χ0v) is 9.87. The second-order valence-electron chi connectivity index (χ2n) is 4.87. The van der Waals surface area contributed by atoms with Crippen LogP contribution >= 0.6 is 0 Å².